The Morgan fingerprint density at radius 1 is 1.11 bits per heavy atom. The van der Waals surface area contributed by atoms with Crippen molar-refractivity contribution in [2.45, 2.75) is 46.6 Å². The lowest BCUT2D eigenvalue weighted by molar-refractivity contribution is 0.371. The molecule has 18 heavy (non-hydrogen) atoms. The molecule has 0 saturated carbocycles. The van der Waals surface area contributed by atoms with Crippen molar-refractivity contribution in [3.05, 3.63) is 29.3 Å². The molecule has 2 heteroatoms. The predicted octanol–water partition coefficient (Wildman–Crippen LogP) is 4.08. The number of rotatable bonds is 3. The third kappa shape index (κ3) is 5.09. The molecule has 0 spiro atoms. The molecule has 0 heterocycles. The number of methoxy groups -OCH3 is 1. The first kappa shape index (κ1) is 17.0. The van der Waals surface area contributed by atoms with Crippen LogP contribution in [-0.4, -0.2) is 26.1 Å². The van der Waals surface area contributed by atoms with E-state index in [-0.39, 0.29) is 5.41 Å². The van der Waals surface area contributed by atoms with Gasteiger partial charge in [0.15, 0.2) is 0 Å². The second kappa shape index (κ2) is 7.42. The standard InChI is InChI=1S/C14H23NO.C2H6/c1-14(2,3)12-7-8-13(16-6)11(9-12)10-15(4)5;1-2/h7-9H,10H2,1-6H3;1-2H3. The molecule has 0 radical (unpaired) electrons. The molecule has 1 aromatic carbocycles. The van der Waals surface area contributed by atoms with Gasteiger partial charge in [0.25, 0.3) is 0 Å². The molecule has 2 nitrogen and oxygen atoms in total. The van der Waals surface area contributed by atoms with Gasteiger partial charge >= 0.3 is 0 Å². The second-order valence-corrected chi connectivity index (χ2v) is 5.51. The monoisotopic (exact) mass is 251 g/mol. The fourth-order valence-electron chi connectivity index (χ4n) is 1.71. The van der Waals surface area contributed by atoms with Gasteiger partial charge < -0.3 is 9.64 Å². The lowest BCUT2D eigenvalue weighted by Crippen LogP contribution is -2.15. The molecule has 0 aliphatic heterocycles. The Morgan fingerprint density at radius 2 is 1.67 bits per heavy atom. The Kier molecular flexibility index (Phi) is 7.00. The van der Waals surface area contributed by atoms with Gasteiger partial charge in [-0.1, -0.05) is 46.8 Å². The maximum absolute atomic E-state index is 5.39. The first-order valence-corrected chi connectivity index (χ1v) is 6.66. The van der Waals surface area contributed by atoms with Gasteiger partial charge in [-0.25, -0.2) is 0 Å². The Bertz CT molecular complexity index is 351. The Balaban J connectivity index is 0.00000137. The predicted molar refractivity (Wildman–Crippen MR) is 80.4 cm³/mol. The highest BCUT2D eigenvalue weighted by atomic mass is 16.5. The molecule has 104 valence electrons. The third-order valence-electron chi connectivity index (χ3n) is 2.63. The van der Waals surface area contributed by atoms with E-state index in [1.807, 2.05) is 13.8 Å². The number of hydrogen-bond donors (Lipinski definition) is 0. The third-order valence-corrected chi connectivity index (χ3v) is 2.63. The van der Waals surface area contributed by atoms with Crippen LogP contribution in [0.2, 0.25) is 0 Å². The average molecular weight is 251 g/mol. The van der Waals surface area contributed by atoms with Crippen molar-refractivity contribution >= 4 is 0 Å². The summed E-state index contributed by atoms with van der Waals surface area (Å²) in [4.78, 5) is 2.16. The number of benzene rings is 1. The fourth-order valence-corrected chi connectivity index (χ4v) is 1.71. The van der Waals surface area contributed by atoms with E-state index >= 15 is 0 Å². The van der Waals surface area contributed by atoms with Crippen LogP contribution in [0.3, 0.4) is 0 Å². The molecule has 0 N–H and O–H groups in total. The molecule has 0 unspecified atom stereocenters. The Morgan fingerprint density at radius 3 is 2.06 bits per heavy atom. The first-order valence-electron chi connectivity index (χ1n) is 6.66. The van der Waals surface area contributed by atoms with Crippen LogP contribution < -0.4 is 4.74 Å². The van der Waals surface area contributed by atoms with Crippen LogP contribution in [0.4, 0.5) is 0 Å². The van der Waals surface area contributed by atoms with Crippen LogP contribution >= 0.6 is 0 Å². The van der Waals surface area contributed by atoms with E-state index in [2.05, 4.69) is 58.0 Å². The molecule has 0 saturated heterocycles. The molecule has 1 rings (SSSR count). The average Bonchev–Trinajstić information content (AvgIpc) is 2.29. The van der Waals surface area contributed by atoms with Gasteiger partial charge in [0.2, 0.25) is 0 Å². The molecule has 1 aromatic rings. The first-order chi connectivity index (χ1) is 8.34. The summed E-state index contributed by atoms with van der Waals surface area (Å²) in [7, 11) is 5.87. The highest BCUT2D eigenvalue weighted by molar-refractivity contribution is 5.39. The molecule has 0 aromatic heterocycles. The fraction of sp³-hybridized carbons (Fsp3) is 0.625. The molecule has 0 amide bonds. The lowest BCUT2D eigenvalue weighted by atomic mass is 9.86. The van der Waals surface area contributed by atoms with E-state index in [1.54, 1.807) is 7.11 Å². The molecular formula is C16H29NO. The summed E-state index contributed by atoms with van der Waals surface area (Å²) in [6.07, 6.45) is 0. The minimum absolute atomic E-state index is 0.188. The number of hydrogen-bond acceptors (Lipinski definition) is 2. The van der Waals surface area contributed by atoms with Crippen molar-refractivity contribution in [1.29, 1.82) is 0 Å². The molecule has 0 bridgehead atoms. The van der Waals surface area contributed by atoms with Crippen LogP contribution in [0.5, 0.6) is 5.75 Å². The number of ether oxygens (including phenoxy) is 1. The van der Waals surface area contributed by atoms with E-state index in [1.165, 1.54) is 11.1 Å². The maximum Gasteiger partial charge on any atom is 0.123 e. The largest absolute Gasteiger partial charge is 0.496 e. The van der Waals surface area contributed by atoms with Crippen LogP contribution in [0, 0.1) is 0 Å². The smallest absolute Gasteiger partial charge is 0.123 e. The van der Waals surface area contributed by atoms with Gasteiger partial charge in [-0.15, -0.1) is 0 Å². The summed E-state index contributed by atoms with van der Waals surface area (Å²) in [5.74, 6) is 0.974. The quantitative estimate of drug-likeness (QED) is 0.802. The zero-order valence-electron chi connectivity index (χ0n) is 13.3. The topological polar surface area (TPSA) is 12.5 Å². The zero-order chi connectivity index (χ0) is 14.3. The Hall–Kier alpha value is -1.02. The van der Waals surface area contributed by atoms with Gasteiger partial charge in [0.05, 0.1) is 7.11 Å². The van der Waals surface area contributed by atoms with Crippen molar-refractivity contribution in [2.24, 2.45) is 0 Å². The van der Waals surface area contributed by atoms with Gasteiger partial charge in [0.1, 0.15) is 5.75 Å². The van der Waals surface area contributed by atoms with Crippen molar-refractivity contribution < 1.29 is 4.74 Å². The lowest BCUT2D eigenvalue weighted by Gasteiger charge is -2.22. The minimum atomic E-state index is 0.188. The van der Waals surface area contributed by atoms with E-state index in [4.69, 9.17) is 4.74 Å². The molecule has 0 atom stereocenters. The number of nitrogens with zero attached hydrogens (tertiary/aromatic N) is 1. The molecule has 0 aliphatic rings. The van der Waals surface area contributed by atoms with E-state index in [9.17, 15) is 0 Å². The zero-order valence-corrected chi connectivity index (χ0v) is 13.3. The normalized spacial score (nSPS) is 10.9. The minimum Gasteiger partial charge on any atom is -0.496 e. The van der Waals surface area contributed by atoms with Crippen LogP contribution in [0.1, 0.15) is 45.7 Å². The maximum atomic E-state index is 5.39. The van der Waals surface area contributed by atoms with E-state index in [0.29, 0.717) is 0 Å². The molecule has 0 fully saturated rings. The summed E-state index contributed by atoms with van der Waals surface area (Å²) in [5.41, 5.74) is 2.79. The van der Waals surface area contributed by atoms with E-state index < -0.39 is 0 Å². The summed E-state index contributed by atoms with van der Waals surface area (Å²) >= 11 is 0. The van der Waals surface area contributed by atoms with Crippen molar-refractivity contribution in [3.8, 4) is 5.75 Å². The van der Waals surface area contributed by atoms with Crippen LogP contribution in [-0.2, 0) is 12.0 Å². The second-order valence-electron chi connectivity index (χ2n) is 5.51. The molecule has 0 aliphatic carbocycles. The summed E-state index contributed by atoms with van der Waals surface area (Å²) in [5, 5.41) is 0. The van der Waals surface area contributed by atoms with Gasteiger partial charge in [-0.2, -0.15) is 0 Å². The Labute approximate surface area is 113 Å². The van der Waals surface area contributed by atoms with Crippen molar-refractivity contribution in [3.63, 3.8) is 0 Å². The highest BCUT2D eigenvalue weighted by Gasteiger charge is 2.15. The summed E-state index contributed by atoms with van der Waals surface area (Å²) < 4.78 is 5.39. The van der Waals surface area contributed by atoms with Crippen LogP contribution in [0.15, 0.2) is 18.2 Å². The summed E-state index contributed by atoms with van der Waals surface area (Å²) in [6, 6.07) is 6.47. The van der Waals surface area contributed by atoms with Crippen LogP contribution in [0.25, 0.3) is 0 Å². The van der Waals surface area contributed by atoms with Crippen molar-refractivity contribution in [2.75, 3.05) is 21.2 Å². The van der Waals surface area contributed by atoms with E-state index in [0.717, 1.165) is 12.3 Å². The summed E-state index contributed by atoms with van der Waals surface area (Å²) in [6.45, 7) is 11.6. The highest BCUT2D eigenvalue weighted by Crippen LogP contribution is 2.28. The van der Waals surface area contributed by atoms with Gasteiger partial charge in [0, 0.05) is 12.1 Å². The van der Waals surface area contributed by atoms with Crippen molar-refractivity contribution in [1.82, 2.24) is 4.90 Å². The SMILES string of the molecule is CC.COc1ccc(C(C)(C)C)cc1CN(C)C. The van der Waals surface area contributed by atoms with Gasteiger partial charge in [-0.05, 0) is 31.1 Å². The van der Waals surface area contributed by atoms with Gasteiger partial charge in [-0.3, -0.25) is 0 Å². The molecular weight excluding hydrogens is 222 g/mol.